The van der Waals surface area contributed by atoms with Crippen LogP contribution in [-0.4, -0.2) is 93.8 Å². The Kier molecular flexibility index (Phi) is 19.2. The molecule has 3 aromatic rings. The molecule has 1 saturated heterocycles. The summed E-state index contributed by atoms with van der Waals surface area (Å²) in [5, 5.41) is 26.4. The van der Waals surface area contributed by atoms with E-state index in [9.17, 15) is 19.7 Å². The first-order valence-electron chi connectivity index (χ1n) is 20.0. The van der Waals surface area contributed by atoms with Gasteiger partial charge in [-0.1, -0.05) is 121 Å². The number of nitrogens with two attached hydrogens (primary N) is 1. The Hall–Kier alpha value is -2.78. The molecule has 308 valence electrons. The zero-order chi connectivity index (χ0) is 39.5. The quantitative estimate of drug-likeness (QED) is 0.0328. The van der Waals surface area contributed by atoms with Gasteiger partial charge in [-0.3, -0.25) is 14.0 Å². The molecule has 0 saturated carbocycles. The van der Waals surface area contributed by atoms with E-state index in [2.05, 4.69) is 35.6 Å². The van der Waals surface area contributed by atoms with Crippen LogP contribution in [0.2, 0.25) is 0 Å². The molecule has 2 aromatic heterocycles. The lowest BCUT2D eigenvalue weighted by Gasteiger charge is -2.30. The lowest BCUT2D eigenvalue weighted by atomic mass is 9.91. The number of rotatable bonds is 29. The summed E-state index contributed by atoms with van der Waals surface area (Å²) in [5.74, 6) is 1.02. The number of nitrogens with zero attached hydrogens (tertiary/aromatic N) is 4. The highest BCUT2D eigenvalue weighted by molar-refractivity contribution is 7.47. The maximum absolute atomic E-state index is 13.1. The molecule has 1 aliphatic rings. The van der Waals surface area contributed by atoms with Crippen LogP contribution in [0.25, 0.3) is 5.52 Å². The number of ether oxygens (including phenoxy) is 3. The maximum atomic E-state index is 13.1. The maximum Gasteiger partial charge on any atom is 0.472 e. The van der Waals surface area contributed by atoms with Gasteiger partial charge in [0.25, 0.3) is 0 Å². The number of fused-ring (bicyclic) bond motifs is 1. The van der Waals surface area contributed by atoms with Crippen LogP contribution >= 0.6 is 7.82 Å². The van der Waals surface area contributed by atoms with Gasteiger partial charge < -0.3 is 35.1 Å². The van der Waals surface area contributed by atoms with Crippen LogP contribution in [-0.2, 0) is 40.0 Å². The number of aliphatic hydroxyl groups excluding tert-OH is 2. The van der Waals surface area contributed by atoms with E-state index >= 15 is 0 Å². The van der Waals surface area contributed by atoms with E-state index < -0.39 is 44.4 Å². The van der Waals surface area contributed by atoms with Crippen molar-refractivity contribution < 1.29 is 42.9 Å². The van der Waals surface area contributed by atoms with Gasteiger partial charge in [-0.05, 0) is 36.8 Å². The number of benzene rings is 1. The highest BCUT2D eigenvalue weighted by Gasteiger charge is 2.57. The van der Waals surface area contributed by atoms with Gasteiger partial charge >= 0.3 is 7.82 Å². The minimum absolute atomic E-state index is 0.162. The number of phosphoric ester groups is 1. The Labute approximate surface area is 326 Å². The Morgan fingerprint density at radius 3 is 2.25 bits per heavy atom. The van der Waals surface area contributed by atoms with Gasteiger partial charge in [0.1, 0.15) is 36.3 Å². The molecule has 0 amide bonds. The number of nitrogen functional groups attached to an aromatic ring is 1. The second-order valence-electron chi connectivity index (χ2n) is 15.0. The van der Waals surface area contributed by atoms with E-state index in [4.69, 9.17) is 29.0 Å². The van der Waals surface area contributed by atoms with E-state index in [1.165, 1.54) is 81.5 Å². The van der Waals surface area contributed by atoms with Gasteiger partial charge in [-0.25, -0.2) is 14.1 Å². The summed E-state index contributed by atoms with van der Waals surface area (Å²) in [6.07, 6.45) is 12.8. The molecular weight excluding hydrogens is 725 g/mol. The van der Waals surface area contributed by atoms with Gasteiger partial charge in [0.2, 0.25) is 0 Å². The predicted molar refractivity (Wildman–Crippen MR) is 213 cm³/mol. The van der Waals surface area contributed by atoms with Crippen LogP contribution < -0.4 is 5.73 Å². The number of unbranched alkanes of at least 4 members (excludes halogenated alkanes) is 11. The molecule has 0 aliphatic carbocycles. The molecule has 14 nitrogen and oxygen atoms in total. The van der Waals surface area contributed by atoms with Gasteiger partial charge in [0.05, 0.1) is 38.7 Å². The second kappa shape index (κ2) is 23.5. The van der Waals surface area contributed by atoms with Crippen molar-refractivity contribution in [2.75, 3.05) is 38.7 Å². The molecule has 0 spiro atoms. The van der Waals surface area contributed by atoms with E-state index in [1.807, 2.05) is 30.3 Å². The molecule has 55 heavy (non-hydrogen) atoms. The van der Waals surface area contributed by atoms with Crippen molar-refractivity contribution in [2.45, 2.75) is 134 Å². The standard InChI is InChI=1S/C40H64N5O9P/c1-31(2)19-15-12-10-8-6-4-5-7-9-11-13-18-24-50-26-33(51-25-32-20-16-14-17-21-32)27-52-55(48,49)53-28-35-37(46)38(47)40(54-35,29-42-3)36-23-22-34-39(41)43-30-44-45(34)36/h14,16-17,20-23,30-31,33,35,37-38,46-47H,3-13,15,18-19,24-29H2,1-2H3,(H,48,49)(H2,41,43,44)/t33-,35-,37-,38-,40+/m1/s1. The Morgan fingerprint density at radius 2 is 1.60 bits per heavy atom. The van der Waals surface area contributed by atoms with Crippen LogP contribution in [0.4, 0.5) is 5.82 Å². The van der Waals surface area contributed by atoms with E-state index in [1.54, 1.807) is 12.1 Å². The molecular formula is C40H64N5O9P. The number of anilines is 1. The molecule has 5 N–H and O–H groups in total. The number of aliphatic imine (C=N–C) groups is 1. The van der Waals surface area contributed by atoms with Crippen LogP contribution in [0.15, 0.2) is 53.8 Å². The molecule has 1 aliphatic heterocycles. The van der Waals surface area contributed by atoms with Crippen molar-refractivity contribution in [3.8, 4) is 0 Å². The molecule has 1 unspecified atom stereocenters. The first kappa shape index (κ1) is 44.9. The number of phosphoric acid groups is 1. The Morgan fingerprint density at radius 1 is 0.945 bits per heavy atom. The molecule has 15 heteroatoms. The minimum atomic E-state index is -4.67. The highest BCUT2D eigenvalue weighted by atomic mass is 31.2. The lowest BCUT2D eigenvalue weighted by Crippen LogP contribution is -2.44. The van der Waals surface area contributed by atoms with Crippen molar-refractivity contribution in [2.24, 2.45) is 10.9 Å². The fourth-order valence-corrected chi connectivity index (χ4v) is 7.70. The van der Waals surface area contributed by atoms with E-state index in [0.29, 0.717) is 17.8 Å². The smallest absolute Gasteiger partial charge is 0.387 e. The fourth-order valence-electron chi connectivity index (χ4n) is 6.94. The normalized spacial score (nSPS) is 21.7. The molecule has 0 radical (unpaired) electrons. The third-order valence-corrected chi connectivity index (χ3v) is 11.0. The molecule has 6 atom stereocenters. The van der Waals surface area contributed by atoms with Crippen LogP contribution in [0, 0.1) is 5.92 Å². The zero-order valence-corrected chi connectivity index (χ0v) is 33.6. The summed E-state index contributed by atoms with van der Waals surface area (Å²) >= 11 is 0. The Balaban J connectivity index is 1.19. The first-order valence-corrected chi connectivity index (χ1v) is 21.5. The van der Waals surface area contributed by atoms with Gasteiger partial charge in [-0.15, -0.1) is 0 Å². The molecule has 1 fully saturated rings. The SMILES string of the molecule is C=NC[C@@]1(c2ccc3c(N)ncnn23)O[C@H](COP(=O)(O)OC[C@@H](COCCCCCCCCCCCCCCC(C)C)OCc2ccccc2)[C@@H](O)[C@H]1O. The highest BCUT2D eigenvalue weighted by Crippen LogP contribution is 2.46. The van der Waals surface area contributed by atoms with Crippen LogP contribution in [0.1, 0.15) is 109 Å². The monoisotopic (exact) mass is 789 g/mol. The van der Waals surface area contributed by atoms with Gasteiger partial charge in [0, 0.05) is 6.61 Å². The second-order valence-corrected chi connectivity index (χ2v) is 16.5. The van der Waals surface area contributed by atoms with Crippen molar-refractivity contribution in [1.82, 2.24) is 14.6 Å². The topological polar surface area (TPSA) is 192 Å². The van der Waals surface area contributed by atoms with Crippen molar-refractivity contribution in [1.29, 1.82) is 0 Å². The average Bonchev–Trinajstić information content (AvgIpc) is 3.71. The summed E-state index contributed by atoms with van der Waals surface area (Å²) < 4.78 is 43.2. The largest absolute Gasteiger partial charge is 0.472 e. The van der Waals surface area contributed by atoms with E-state index in [-0.39, 0.29) is 32.2 Å². The predicted octanol–water partition coefficient (Wildman–Crippen LogP) is 6.79. The third kappa shape index (κ3) is 14.3. The fraction of sp³-hybridized carbons (Fsp3) is 0.675. The number of hydrogen-bond acceptors (Lipinski definition) is 12. The average molecular weight is 790 g/mol. The van der Waals surface area contributed by atoms with Gasteiger partial charge in [-0.2, -0.15) is 5.10 Å². The minimum Gasteiger partial charge on any atom is -0.387 e. The zero-order valence-electron chi connectivity index (χ0n) is 32.8. The molecule has 1 aromatic carbocycles. The van der Waals surface area contributed by atoms with E-state index in [0.717, 1.165) is 24.3 Å². The number of aromatic nitrogens is 3. The van der Waals surface area contributed by atoms with Crippen LogP contribution in [0.3, 0.4) is 0 Å². The number of hydrogen-bond donors (Lipinski definition) is 4. The lowest BCUT2D eigenvalue weighted by molar-refractivity contribution is -0.0953. The van der Waals surface area contributed by atoms with Gasteiger partial charge in [0.15, 0.2) is 11.4 Å². The van der Waals surface area contributed by atoms with Crippen LogP contribution in [0.5, 0.6) is 0 Å². The summed E-state index contributed by atoms with van der Waals surface area (Å²) in [6.45, 7) is 8.09. The third-order valence-electron chi connectivity index (χ3n) is 10.1. The summed E-state index contributed by atoms with van der Waals surface area (Å²) in [5.41, 5.74) is 6.11. The summed E-state index contributed by atoms with van der Waals surface area (Å²) in [6, 6.07) is 12.9. The first-order chi connectivity index (χ1) is 26.6. The summed E-state index contributed by atoms with van der Waals surface area (Å²) in [4.78, 5) is 18.5. The summed E-state index contributed by atoms with van der Waals surface area (Å²) in [7, 11) is -4.67. The molecule has 3 heterocycles. The van der Waals surface area contributed by atoms with Crippen molar-refractivity contribution in [3.05, 3.63) is 60.0 Å². The molecule has 4 rings (SSSR count). The molecule has 0 bridgehead atoms. The Bertz CT molecular complexity index is 1580. The van der Waals surface area contributed by atoms with Crippen molar-refractivity contribution >= 4 is 25.9 Å². The number of aliphatic hydroxyl groups is 2. The van der Waals surface area contributed by atoms with Crippen molar-refractivity contribution in [3.63, 3.8) is 0 Å².